The molecule has 2 unspecified atom stereocenters. The van der Waals surface area contributed by atoms with Crippen molar-refractivity contribution >= 4 is 33.8 Å². The van der Waals surface area contributed by atoms with E-state index in [4.69, 9.17) is 16.6 Å². The van der Waals surface area contributed by atoms with Gasteiger partial charge >= 0.3 is 0 Å². The molecule has 2 saturated carbocycles. The highest BCUT2D eigenvalue weighted by atomic mass is 35.5. The van der Waals surface area contributed by atoms with Crippen molar-refractivity contribution in [1.82, 2.24) is 9.38 Å². The minimum atomic E-state index is 0.739. The van der Waals surface area contributed by atoms with Crippen LogP contribution in [0.3, 0.4) is 0 Å². The molecule has 4 heteroatoms. The zero-order valence-electron chi connectivity index (χ0n) is 18.4. The molecule has 2 aliphatic rings. The molecule has 2 bridgehead atoms. The molecule has 164 valence electrons. The maximum absolute atomic E-state index is 6.61. The highest BCUT2D eigenvalue weighted by Gasteiger charge is 2.31. The van der Waals surface area contributed by atoms with E-state index >= 15 is 0 Å². The minimum Gasteiger partial charge on any atom is -0.369 e. The second-order valence-corrected chi connectivity index (χ2v) is 10.2. The second kappa shape index (κ2) is 8.44. The lowest BCUT2D eigenvalue weighted by Gasteiger charge is -2.39. The summed E-state index contributed by atoms with van der Waals surface area (Å²) in [6, 6.07) is 18.7. The van der Waals surface area contributed by atoms with Gasteiger partial charge in [0.2, 0.25) is 0 Å². The summed E-state index contributed by atoms with van der Waals surface area (Å²) in [5.41, 5.74) is 2.90. The third kappa shape index (κ3) is 3.67. The van der Waals surface area contributed by atoms with Crippen molar-refractivity contribution in [3.8, 4) is 11.3 Å². The molecular formula is C28H30ClN3. The summed E-state index contributed by atoms with van der Waals surface area (Å²) in [6.45, 7) is 0.974. The van der Waals surface area contributed by atoms with Crippen LogP contribution >= 0.6 is 11.6 Å². The van der Waals surface area contributed by atoms with E-state index in [0.29, 0.717) is 0 Å². The topological polar surface area (TPSA) is 29.3 Å². The maximum Gasteiger partial charge on any atom is 0.147 e. The molecule has 6 rings (SSSR count). The number of imidazole rings is 1. The predicted octanol–water partition coefficient (Wildman–Crippen LogP) is 7.83. The molecule has 2 atom stereocenters. The summed E-state index contributed by atoms with van der Waals surface area (Å²) in [4.78, 5) is 5.10. The average Bonchev–Trinajstić information content (AvgIpc) is 3.18. The first kappa shape index (κ1) is 20.1. The van der Waals surface area contributed by atoms with Gasteiger partial charge in [0.1, 0.15) is 17.2 Å². The van der Waals surface area contributed by atoms with Gasteiger partial charge in [0, 0.05) is 23.7 Å². The van der Waals surface area contributed by atoms with Gasteiger partial charge in [0.05, 0.1) is 5.02 Å². The molecular weight excluding hydrogens is 414 g/mol. The van der Waals surface area contributed by atoms with Gasteiger partial charge in [-0.25, -0.2) is 4.98 Å². The van der Waals surface area contributed by atoms with E-state index in [2.05, 4.69) is 52.3 Å². The first-order valence-electron chi connectivity index (χ1n) is 12.1. The Morgan fingerprint density at radius 3 is 2.56 bits per heavy atom. The molecule has 0 spiro atoms. The molecule has 2 fully saturated rings. The Morgan fingerprint density at radius 2 is 1.72 bits per heavy atom. The van der Waals surface area contributed by atoms with Crippen molar-refractivity contribution in [2.75, 3.05) is 11.9 Å². The number of nitrogens with one attached hydrogen (secondary N) is 1. The van der Waals surface area contributed by atoms with Crippen LogP contribution in [-0.4, -0.2) is 15.9 Å². The Morgan fingerprint density at radius 1 is 0.938 bits per heavy atom. The maximum atomic E-state index is 6.61. The van der Waals surface area contributed by atoms with Gasteiger partial charge in [-0.1, -0.05) is 73.3 Å². The average molecular weight is 444 g/mol. The van der Waals surface area contributed by atoms with Crippen molar-refractivity contribution in [1.29, 1.82) is 0 Å². The van der Waals surface area contributed by atoms with Crippen molar-refractivity contribution in [3.05, 3.63) is 65.8 Å². The number of benzene rings is 2. The summed E-state index contributed by atoms with van der Waals surface area (Å²) in [7, 11) is 0. The fraction of sp³-hybridized carbons (Fsp3) is 0.393. The van der Waals surface area contributed by atoms with E-state index in [1.165, 1.54) is 50.3 Å². The van der Waals surface area contributed by atoms with Crippen LogP contribution < -0.4 is 5.32 Å². The van der Waals surface area contributed by atoms with E-state index in [9.17, 15) is 0 Å². The highest BCUT2D eigenvalue weighted by molar-refractivity contribution is 6.33. The molecule has 0 aliphatic heterocycles. The lowest BCUT2D eigenvalue weighted by atomic mass is 9.67. The fourth-order valence-corrected chi connectivity index (χ4v) is 6.50. The minimum absolute atomic E-state index is 0.739. The summed E-state index contributed by atoms with van der Waals surface area (Å²) in [5, 5.41) is 6.89. The van der Waals surface area contributed by atoms with Gasteiger partial charge in [-0.2, -0.15) is 0 Å². The quantitative estimate of drug-likeness (QED) is 0.340. The Labute approximate surface area is 194 Å². The molecule has 1 N–H and O–H groups in total. The third-order valence-electron chi connectivity index (χ3n) is 7.71. The Kier molecular flexibility index (Phi) is 5.30. The molecule has 0 amide bonds. The lowest BCUT2D eigenvalue weighted by molar-refractivity contribution is 0.134. The summed E-state index contributed by atoms with van der Waals surface area (Å²) >= 11 is 6.61. The van der Waals surface area contributed by atoms with Gasteiger partial charge in [-0.3, -0.25) is 4.40 Å². The van der Waals surface area contributed by atoms with Crippen molar-refractivity contribution in [2.24, 2.45) is 17.8 Å². The first-order chi connectivity index (χ1) is 15.8. The van der Waals surface area contributed by atoms with Gasteiger partial charge < -0.3 is 5.32 Å². The Bertz CT molecular complexity index is 1250. The van der Waals surface area contributed by atoms with Crippen LogP contribution in [0.1, 0.15) is 44.9 Å². The van der Waals surface area contributed by atoms with E-state index in [1.54, 1.807) is 0 Å². The number of pyridine rings is 1. The highest BCUT2D eigenvalue weighted by Crippen LogP contribution is 2.43. The SMILES string of the molecule is Clc1ccccc1-c1nc2c3ccccc3ccn2c1NCCC1CC2CCCC(C2)C1. The smallest absolute Gasteiger partial charge is 0.147 e. The molecule has 32 heavy (non-hydrogen) atoms. The predicted molar refractivity (Wildman–Crippen MR) is 134 cm³/mol. The van der Waals surface area contributed by atoms with Gasteiger partial charge in [-0.15, -0.1) is 0 Å². The summed E-state index contributed by atoms with van der Waals surface area (Å²) in [6.07, 6.45) is 12.1. The Balaban J connectivity index is 1.33. The van der Waals surface area contributed by atoms with Crippen LogP contribution in [0.25, 0.3) is 27.7 Å². The van der Waals surface area contributed by atoms with Crippen LogP contribution in [-0.2, 0) is 0 Å². The summed E-state index contributed by atoms with van der Waals surface area (Å²) in [5.74, 6) is 3.87. The van der Waals surface area contributed by atoms with Crippen LogP contribution in [0.4, 0.5) is 5.82 Å². The van der Waals surface area contributed by atoms with Crippen LogP contribution in [0, 0.1) is 17.8 Å². The standard InChI is InChI=1S/C28H30ClN3/c29-25-11-4-3-10-24(25)26-28(30-14-12-21-17-19-6-5-7-20(16-19)18-21)32-15-13-22-8-1-2-9-23(22)27(32)31-26/h1-4,8-11,13,15,19-21,30H,5-7,12,14,16-18H2. The number of fused-ring (bicyclic) bond motifs is 5. The van der Waals surface area contributed by atoms with Crippen molar-refractivity contribution in [2.45, 2.75) is 44.9 Å². The number of hydrogen-bond acceptors (Lipinski definition) is 2. The van der Waals surface area contributed by atoms with E-state index in [0.717, 1.165) is 57.4 Å². The zero-order chi connectivity index (χ0) is 21.5. The zero-order valence-corrected chi connectivity index (χ0v) is 19.2. The van der Waals surface area contributed by atoms with E-state index in [1.807, 2.05) is 18.2 Å². The molecule has 3 nitrogen and oxygen atoms in total. The fourth-order valence-electron chi connectivity index (χ4n) is 6.28. The van der Waals surface area contributed by atoms with Crippen LogP contribution in [0.5, 0.6) is 0 Å². The molecule has 0 saturated heterocycles. The molecule has 2 aliphatic carbocycles. The normalized spacial score (nSPS) is 23.0. The third-order valence-corrected chi connectivity index (χ3v) is 8.04. The lowest BCUT2D eigenvalue weighted by Crippen LogP contribution is -2.27. The van der Waals surface area contributed by atoms with Crippen molar-refractivity contribution in [3.63, 3.8) is 0 Å². The molecule has 2 aromatic carbocycles. The number of nitrogens with zero attached hydrogens (tertiary/aromatic N) is 2. The molecule has 2 heterocycles. The summed E-state index contributed by atoms with van der Waals surface area (Å²) < 4.78 is 2.20. The first-order valence-corrected chi connectivity index (χ1v) is 12.5. The van der Waals surface area contributed by atoms with E-state index < -0.39 is 0 Å². The number of aromatic nitrogens is 2. The van der Waals surface area contributed by atoms with Gasteiger partial charge in [-0.05, 0) is 61.0 Å². The Hall–Kier alpha value is -2.52. The molecule has 0 radical (unpaired) electrons. The van der Waals surface area contributed by atoms with E-state index in [-0.39, 0.29) is 0 Å². The number of rotatable bonds is 5. The van der Waals surface area contributed by atoms with Crippen LogP contribution in [0.15, 0.2) is 60.8 Å². The second-order valence-electron chi connectivity index (χ2n) is 9.84. The van der Waals surface area contributed by atoms with Gasteiger partial charge in [0.25, 0.3) is 0 Å². The van der Waals surface area contributed by atoms with Crippen LogP contribution in [0.2, 0.25) is 5.02 Å². The number of hydrogen-bond donors (Lipinski definition) is 1. The van der Waals surface area contributed by atoms with Crippen molar-refractivity contribution < 1.29 is 0 Å². The van der Waals surface area contributed by atoms with Gasteiger partial charge in [0.15, 0.2) is 0 Å². The molecule has 2 aromatic heterocycles. The monoisotopic (exact) mass is 443 g/mol. The largest absolute Gasteiger partial charge is 0.369 e. The number of anilines is 1. The molecule has 4 aromatic rings. The number of halogens is 1.